The van der Waals surface area contributed by atoms with E-state index in [1.165, 1.54) is 6.08 Å². The van der Waals surface area contributed by atoms with Crippen molar-refractivity contribution in [2.75, 3.05) is 13.7 Å². The summed E-state index contributed by atoms with van der Waals surface area (Å²) in [5, 5.41) is 9.40. The number of aliphatic hydroxyl groups is 1. The van der Waals surface area contributed by atoms with E-state index < -0.39 is 12.1 Å². The maximum atomic E-state index is 11.2. The summed E-state index contributed by atoms with van der Waals surface area (Å²) in [7, 11) is 1.78. The molecule has 72 valence electrons. The fourth-order valence-corrected chi connectivity index (χ4v) is 1.05. The van der Waals surface area contributed by atoms with Crippen LogP contribution in [0.4, 0.5) is 0 Å². The van der Waals surface area contributed by atoms with Crippen molar-refractivity contribution < 1.29 is 14.6 Å². The van der Waals surface area contributed by atoms with Crippen LogP contribution in [0.25, 0.3) is 0 Å². The highest BCUT2D eigenvalue weighted by molar-refractivity contribution is 5.90. The Bertz CT molecular complexity index is 258. The molecule has 1 unspecified atom stereocenters. The minimum atomic E-state index is -0.852. The maximum absolute atomic E-state index is 11.2. The van der Waals surface area contributed by atoms with Gasteiger partial charge in [0.15, 0.2) is 0 Å². The summed E-state index contributed by atoms with van der Waals surface area (Å²) in [5.41, 5.74) is 0.270. The Morgan fingerprint density at radius 1 is 1.77 bits per heavy atom. The maximum Gasteiger partial charge on any atom is 0.338 e. The van der Waals surface area contributed by atoms with E-state index in [0.717, 1.165) is 0 Å². The molecule has 0 aromatic carbocycles. The molecule has 0 bridgehead atoms. The highest BCUT2D eigenvalue weighted by Crippen LogP contribution is 2.12. The molecule has 0 saturated heterocycles. The van der Waals surface area contributed by atoms with Gasteiger partial charge in [0.25, 0.3) is 0 Å². The second kappa shape index (κ2) is 4.09. The number of carbonyl (C=O) groups is 1. The second-order valence-electron chi connectivity index (χ2n) is 2.76. The summed E-state index contributed by atoms with van der Waals surface area (Å²) in [6, 6.07) is 0. The smallest absolute Gasteiger partial charge is 0.338 e. The van der Waals surface area contributed by atoms with Crippen LogP contribution in [-0.2, 0) is 9.53 Å². The van der Waals surface area contributed by atoms with Crippen molar-refractivity contribution in [1.82, 2.24) is 4.90 Å². The van der Waals surface area contributed by atoms with Crippen LogP contribution >= 0.6 is 0 Å². The average molecular weight is 183 g/mol. The number of rotatable bonds is 2. The molecule has 0 aliphatic carbocycles. The monoisotopic (exact) mass is 183 g/mol. The van der Waals surface area contributed by atoms with E-state index in [0.29, 0.717) is 6.61 Å². The molecule has 0 aromatic rings. The minimum absolute atomic E-state index is 0.270. The summed E-state index contributed by atoms with van der Waals surface area (Å²) >= 11 is 0. The fourth-order valence-electron chi connectivity index (χ4n) is 1.05. The van der Waals surface area contributed by atoms with Crippen LogP contribution in [0.5, 0.6) is 0 Å². The van der Waals surface area contributed by atoms with Crippen molar-refractivity contribution >= 4 is 5.97 Å². The number of ether oxygens (including phenoxy) is 1. The predicted molar refractivity (Wildman–Crippen MR) is 47.6 cm³/mol. The van der Waals surface area contributed by atoms with Gasteiger partial charge >= 0.3 is 5.97 Å². The molecule has 0 aromatic heterocycles. The molecular formula is C9H13NO3. The number of hydrogen-bond acceptors (Lipinski definition) is 4. The molecule has 0 spiro atoms. The predicted octanol–water partition coefficient (Wildman–Crippen LogP) is 0.253. The lowest BCUT2D eigenvalue weighted by Crippen LogP contribution is -2.24. The van der Waals surface area contributed by atoms with Gasteiger partial charge in [0.1, 0.15) is 6.10 Å². The lowest BCUT2D eigenvalue weighted by Gasteiger charge is -2.19. The van der Waals surface area contributed by atoms with Crippen molar-refractivity contribution in [3.05, 3.63) is 24.0 Å². The Balaban J connectivity index is 2.72. The number of carbonyl (C=O) groups excluding carboxylic acids is 1. The van der Waals surface area contributed by atoms with E-state index in [2.05, 4.69) is 0 Å². The highest BCUT2D eigenvalue weighted by atomic mass is 16.5. The number of hydrogen-bond donors (Lipinski definition) is 1. The third-order valence-electron chi connectivity index (χ3n) is 1.68. The van der Waals surface area contributed by atoms with E-state index in [4.69, 9.17) is 4.74 Å². The summed E-state index contributed by atoms with van der Waals surface area (Å²) in [6.45, 7) is 2.05. The third kappa shape index (κ3) is 2.32. The quantitative estimate of drug-likeness (QED) is 0.624. The van der Waals surface area contributed by atoms with Crippen molar-refractivity contribution in [3.8, 4) is 0 Å². The zero-order valence-electron chi connectivity index (χ0n) is 7.73. The molecule has 0 saturated carbocycles. The van der Waals surface area contributed by atoms with E-state index in [-0.39, 0.29) is 5.57 Å². The first kappa shape index (κ1) is 9.80. The van der Waals surface area contributed by atoms with Crippen LogP contribution in [0.1, 0.15) is 6.92 Å². The first-order valence-electron chi connectivity index (χ1n) is 4.12. The van der Waals surface area contributed by atoms with Crippen molar-refractivity contribution in [1.29, 1.82) is 0 Å². The topological polar surface area (TPSA) is 49.8 Å². The molecule has 1 aliphatic heterocycles. The molecular weight excluding hydrogens is 170 g/mol. The van der Waals surface area contributed by atoms with Crippen LogP contribution in [-0.4, -0.2) is 35.7 Å². The van der Waals surface area contributed by atoms with Crippen LogP contribution in [0.15, 0.2) is 24.0 Å². The molecule has 1 rings (SSSR count). The molecule has 1 aliphatic rings. The minimum Gasteiger partial charge on any atom is -0.463 e. The number of aliphatic hydroxyl groups excluding tert-OH is 1. The van der Waals surface area contributed by atoms with Gasteiger partial charge in [0.2, 0.25) is 0 Å². The molecule has 1 N–H and O–H groups in total. The Labute approximate surface area is 77.1 Å². The van der Waals surface area contributed by atoms with Crippen molar-refractivity contribution in [3.63, 3.8) is 0 Å². The van der Waals surface area contributed by atoms with Crippen LogP contribution in [0.2, 0.25) is 0 Å². The van der Waals surface area contributed by atoms with E-state index in [1.807, 2.05) is 0 Å². The molecule has 0 radical (unpaired) electrons. The summed E-state index contributed by atoms with van der Waals surface area (Å²) in [6.07, 6.45) is 3.93. The molecule has 13 heavy (non-hydrogen) atoms. The summed E-state index contributed by atoms with van der Waals surface area (Å²) in [5.74, 6) is -0.466. The largest absolute Gasteiger partial charge is 0.463 e. The zero-order valence-corrected chi connectivity index (χ0v) is 7.73. The lowest BCUT2D eigenvalue weighted by molar-refractivity contribution is -0.139. The Kier molecular flexibility index (Phi) is 3.08. The van der Waals surface area contributed by atoms with Gasteiger partial charge in [-0.25, -0.2) is 4.79 Å². The Morgan fingerprint density at radius 2 is 2.46 bits per heavy atom. The van der Waals surface area contributed by atoms with Crippen molar-refractivity contribution in [2.24, 2.45) is 0 Å². The molecule has 4 nitrogen and oxygen atoms in total. The average Bonchev–Trinajstić information content (AvgIpc) is 2.09. The first-order valence-corrected chi connectivity index (χ1v) is 4.12. The second-order valence-corrected chi connectivity index (χ2v) is 2.76. The van der Waals surface area contributed by atoms with Crippen LogP contribution in [0.3, 0.4) is 0 Å². The third-order valence-corrected chi connectivity index (χ3v) is 1.68. The Morgan fingerprint density at radius 3 is 3.08 bits per heavy atom. The molecule has 0 amide bonds. The van der Waals surface area contributed by atoms with E-state index in [9.17, 15) is 9.90 Å². The molecule has 1 heterocycles. The van der Waals surface area contributed by atoms with Gasteiger partial charge in [-0.2, -0.15) is 0 Å². The van der Waals surface area contributed by atoms with Crippen molar-refractivity contribution in [2.45, 2.75) is 13.0 Å². The fraction of sp³-hybridized carbons (Fsp3) is 0.444. The number of esters is 1. The van der Waals surface area contributed by atoms with Gasteiger partial charge < -0.3 is 14.7 Å². The van der Waals surface area contributed by atoms with Gasteiger partial charge in [-0.05, 0) is 13.0 Å². The van der Waals surface area contributed by atoms with Crippen LogP contribution < -0.4 is 0 Å². The molecule has 0 fully saturated rings. The van der Waals surface area contributed by atoms with Gasteiger partial charge in [-0.15, -0.1) is 0 Å². The summed E-state index contributed by atoms with van der Waals surface area (Å²) < 4.78 is 4.77. The zero-order chi connectivity index (χ0) is 9.84. The SMILES string of the molecule is CCOC(=O)C1=CN(C)C=CC1O. The van der Waals surface area contributed by atoms with Gasteiger partial charge in [0.05, 0.1) is 12.2 Å². The van der Waals surface area contributed by atoms with Crippen LogP contribution in [0, 0.1) is 0 Å². The van der Waals surface area contributed by atoms with Gasteiger partial charge in [-0.3, -0.25) is 0 Å². The van der Waals surface area contributed by atoms with Gasteiger partial charge in [0, 0.05) is 19.4 Å². The summed E-state index contributed by atoms with van der Waals surface area (Å²) in [4.78, 5) is 12.9. The standard InChI is InChI=1S/C9H13NO3/c1-3-13-9(12)7-6-10(2)5-4-8(7)11/h4-6,8,11H,3H2,1-2H3. The molecule has 4 heteroatoms. The lowest BCUT2D eigenvalue weighted by atomic mass is 10.1. The molecule has 1 atom stereocenters. The first-order chi connectivity index (χ1) is 6.15. The van der Waals surface area contributed by atoms with Gasteiger partial charge in [-0.1, -0.05) is 0 Å². The van der Waals surface area contributed by atoms with E-state index in [1.54, 1.807) is 31.3 Å². The number of nitrogens with zero attached hydrogens (tertiary/aromatic N) is 1. The Hall–Kier alpha value is -1.29. The normalized spacial score (nSPS) is 21.3. The highest BCUT2D eigenvalue weighted by Gasteiger charge is 2.20. The van der Waals surface area contributed by atoms with E-state index >= 15 is 0 Å².